The van der Waals surface area contributed by atoms with Gasteiger partial charge in [0.05, 0.1) is 17.2 Å². The first-order valence-corrected chi connectivity index (χ1v) is 10.0. The summed E-state index contributed by atoms with van der Waals surface area (Å²) < 4.78 is 7.72. The summed E-state index contributed by atoms with van der Waals surface area (Å²) in [5, 5.41) is 3.88. The Balaban J connectivity index is 1.75. The van der Waals surface area contributed by atoms with Crippen LogP contribution in [0.1, 0.15) is 20.8 Å². The largest absolute Gasteiger partial charge is 0.368 e. The van der Waals surface area contributed by atoms with Crippen molar-refractivity contribution < 1.29 is 4.52 Å². The topological polar surface area (TPSA) is 95.7 Å². The fraction of sp³-hybridized carbons (Fsp3) is 0.167. The monoisotopic (exact) mass is 410 g/mol. The van der Waals surface area contributed by atoms with Gasteiger partial charge in [-0.3, -0.25) is 0 Å². The Morgan fingerprint density at radius 3 is 2.32 bits per heavy atom. The lowest BCUT2D eigenvalue weighted by Crippen LogP contribution is -2.22. The molecule has 0 saturated carbocycles. The molecule has 0 unspecified atom stereocenters. The maximum absolute atomic E-state index is 5.64. The molecule has 0 aliphatic rings. The van der Waals surface area contributed by atoms with Crippen LogP contribution in [0.5, 0.6) is 0 Å². The van der Waals surface area contributed by atoms with E-state index in [2.05, 4.69) is 64.7 Å². The number of nitrogens with zero attached hydrogens (tertiary/aromatic N) is 5. The standard InChI is InChI=1S/C24H22N6O/c1-24(2,3)30-20-9-8-15(16-13-26-23(25)27-14-16)12-19(20)29-22(30)18-7-5-4-6-17(18)21-10-11-28-31-21/h4-14H,1-3H3,(H2,25,26,27). The van der Waals surface area contributed by atoms with Crippen LogP contribution in [-0.2, 0) is 5.54 Å². The average molecular weight is 410 g/mol. The molecule has 2 N–H and O–H groups in total. The van der Waals surface area contributed by atoms with Gasteiger partial charge in [-0.2, -0.15) is 0 Å². The second-order valence-electron chi connectivity index (χ2n) is 8.40. The van der Waals surface area contributed by atoms with Gasteiger partial charge in [0.15, 0.2) is 5.76 Å². The Morgan fingerprint density at radius 1 is 0.903 bits per heavy atom. The van der Waals surface area contributed by atoms with Gasteiger partial charge in [-0.25, -0.2) is 15.0 Å². The van der Waals surface area contributed by atoms with E-state index < -0.39 is 0 Å². The Labute approximate surface area is 179 Å². The summed E-state index contributed by atoms with van der Waals surface area (Å²) in [6, 6.07) is 16.2. The molecule has 5 aromatic rings. The summed E-state index contributed by atoms with van der Waals surface area (Å²) in [7, 11) is 0. The molecule has 0 bridgehead atoms. The van der Waals surface area contributed by atoms with E-state index in [1.807, 2.05) is 24.3 Å². The second-order valence-corrected chi connectivity index (χ2v) is 8.40. The first-order valence-electron chi connectivity index (χ1n) is 10.0. The summed E-state index contributed by atoms with van der Waals surface area (Å²) in [5.74, 6) is 1.84. The Morgan fingerprint density at radius 2 is 1.65 bits per heavy atom. The number of nitrogens with two attached hydrogens (primary N) is 1. The summed E-state index contributed by atoms with van der Waals surface area (Å²) >= 11 is 0. The van der Waals surface area contributed by atoms with E-state index in [-0.39, 0.29) is 11.5 Å². The molecule has 0 spiro atoms. The number of hydrogen-bond donors (Lipinski definition) is 1. The minimum Gasteiger partial charge on any atom is -0.368 e. The zero-order chi connectivity index (χ0) is 21.6. The number of anilines is 1. The van der Waals surface area contributed by atoms with Crippen molar-refractivity contribution in [3.8, 4) is 33.8 Å². The molecular formula is C24H22N6O. The van der Waals surface area contributed by atoms with Gasteiger partial charge in [-0.15, -0.1) is 0 Å². The van der Waals surface area contributed by atoms with Crippen molar-refractivity contribution in [2.75, 3.05) is 5.73 Å². The van der Waals surface area contributed by atoms with Gasteiger partial charge >= 0.3 is 0 Å². The van der Waals surface area contributed by atoms with E-state index in [4.69, 9.17) is 15.2 Å². The maximum atomic E-state index is 5.64. The molecule has 7 heteroatoms. The molecule has 0 radical (unpaired) electrons. The van der Waals surface area contributed by atoms with Crippen LogP contribution >= 0.6 is 0 Å². The lowest BCUT2D eigenvalue weighted by atomic mass is 10.0. The van der Waals surface area contributed by atoms with Crippen molar-refractivity contribution in [3.05, 3.63) is 67.1 Å². The zero-order valence-electron chi connectivity index (χ0n) is 17.6. The molecule has 5 rings (SSSR count). The number of rotatable bonds is 3. The highest BCUT2D eigenvalue weighted by Crippen LogP contribution is 2.37. The van der Waals surface area contributed by atoms with Crippen molar-refractivity contribution in [2.24, 2.45) is 0 Å². The van der Waals surface area contributed by atoms with Crippen molar-refractivity contribution in [3.63, 3.8) is 0 Å². The molecule has 7 nitrogen and oxygen atoms in total. The van der Waals surface area contributed by atoms with Gasteiger partial charge in [-0.1, -0.05) is 35.5 Å². The number of hydrogen-bond acceptors (Lipinski definition) is 6. The van der Waals surface area contributed by atoms with E-state index in [1.165, 1.54) is 0 Å². The maximum Gasteiger partial charge on any atom is 0.219 e. The number of imidazole rings is 1. The predicted molar refractivity (Wildman–Crippen MR) is 121 cm³/mol. The molecule has 0 fully saturated rings. The number of nitrogen functional groups attached to an aromatic ring is 1. The first kappa shape index (κ1) is 19.0. The van der Waals surface area contributed by atoms with E-state index in [0.717, 1.165) is 39.1 Å². The molecule has 154 valence electrons. The molecule has 0 atom stereocenters. The normalized spacial score (nSPS) is 11.8. The van der Waals surface area contributed by atoms with E-state index >= 15 is 0 Å². The zero-order valence-corrected chi connectivity index (χ0v) is 17.6. The Bertz CT molecular complexity index is 1360. The van der Waals surface area contributed by atoms with Crippen LogP contribution in [0.4, 0.5) is 5.95 Å². The number of aromatic nitrogens is 5. The van der Waals surface area contributed by atoms with Gasteiger partial charge in [0, 0.05) is 40.7 Å². The minimum atomic E-state index is -0.190. The van der Waals surface area contributed by atoms with E-state index in [1.54, 1.807) is 18.6 Å². The first-order chi connectivity index (χ1) is 14.9. The smallest absolute Gasteiger partial charge is 0.219 e. The van der Waals surface area contributed by atoms with Crippen molar-refractivity contribution >= 4 is 17.0 Å². The van der Waals surface area contributed by atoms with Gasteiger partial charge in [0.1, 0.15) is 5.82 Å². The lowest BCUT2D eigenvalue weighted by Gasteiger charge is -2.25. The van der Waals surface area contributed by atoms with Crippen molar-refractivity contribution in [2.45, 2.75) is 26.3 Å². The summed E-state index contributed by atoms with van der Waals surface area (Å²) in [4.78, 5) is 13.3. The molecule has 0 saturated heterocycles. The fourth-order valence-electron chi connectivity index (χ4n) is 3.85. The lowest BCUT2D eigenvalue weighted by molar-refractivity contribution is 0.412. The quantitative estimate of drug-likeness (QED) is 0.442. The molecular weight excluding hydrogens is 388 g/mol. The van der Waals surface area contributed by atoms with Crippen LogP contribution < -0.4 is 5.73 Å². The molecule has 0 aliphatic heterocycles. The van der Waals surface area contributed by atoms with Crippen LogP contribution in [0.25, 0.3) is 44.9 Å². The highest BCUT2D eigenvalue weighted by atomic mass is 16.5. The minimum absolute atomic E-state index is 0.190. The summed E-state index contributed by atoms with van der Waals surface area (Å²) in [5.41, 5.74) is 11.2. The highest BCUT2D eigenvalue weighted by molar-refractivity contribution is 5.88. The van der Waals surface area contributed by atoms with Crippen molar-refractivity contribution in [1.29, 1.82) is 0 Å². The molecule has 3 heterocycles. The second kappa shape index (κ2) is 7.05. The number of fused-ring (bicyclic) bond motifs is 1. The third-order valence-corrected chi connectivity index (χ3v) is 5.20. The summed E-state index contributed by atoms with van der Waals surface area (Å²) in [6.07, 6.45) is 5.11. The number of benzene rings is 2. The van der Waals surface area contributed by atoms with Crippen LogP contribution in [0, 0.1) is 0 Å². The van der Waals surface area contributed by atoms with Crippen LogP contribution in [0.15, 0.2) is 71.6 Å². The molecule has 0 amide bonds. The van der Waals surface area contributed by atoms with Crippen LogP contribution in [0.3, 0.4) is 0 Å². The van der Waals surface area contributed by atoms with Crippen LogP contribution in [-0.4, -0.2) is 24.7 Å². The predicted octanol–water partition coefficient (Wildman–Crippen LogP) is 5.15. The molecule has 3 aromatic heterocycles. The molecule has 31 heavy (non-hydrogen) atoms. The van der Waals surface area contributed by atoms with Crippen LogP contribution in [0.2, 0.25) is 0 Å². The third-order valence-electron chi connectivity index (χ3n) is 5.20. The molecule has 0 aliphatic carbocycles. The average Bonchev–Trinajstić information content (AvgIpc) is 3.41. The van der Waals surface area contributed by atoms with Gasteiger partial charge in [0.2, 0.25) is 5.95 Å². The van der Waals surface area contributed by atoms with Gasteiger partial charge in [-0.05, 0) is 38.5 Å². The Hall–Kier alpha value is -4.00. The van der Waals surface area contributed by atoms with Gasteiger partial charge in [0.25, 0.3) is 0 Å². The summed E-state index contributed by atoms with van der Waals surface area (Å²) in [6.45, 7) is 6.53. The van der Waals surface area contributed by atoms with E-state index in [0.29, 0.717) is 5.76 Å². The SMILES string of the molecule is CC(C)(C)n1c(-c2ccccc2-c2ccno2)nc2cc(-c3cnc(N)nc3)ccc21. The third kappa shape index (κ3) is 3.34. The van der Waals surface area contributed by atoms with E-state index in [9.17, 15) is 0 Å². The van der Waals surface area contributed by atoms with Crippen molar-refractivity contribution in [1.82, 2.24) is 24.7 Å². The van der Waals surface area contributed by atoms with Gasteiger partial charge < -0.3 is 14.8 Å². The molecule has 2 aromatic carbocycles. The Kier molecular flexibility index (Phi) is 4.32. The fourth-order valence-corrected chi connectivity index (χ4v) is 3.85. The highest BCUT2D eigenvalue weighted by Gasteiger charge is 2.25.